The highest BCUT2D eigenvalue weighted by Crippen LogP contribution is 1.98. The average Bonchev–Trinajstić information content (AvgIpc) is 2.97. The van der Waals surface area contributed by atoms with Crippen molar-refractivity contribution in [2.45, 2.75) is 13.5 Å². The van der Waals surface area contributed by atoms with Gasteiger partial charge in [0.05, 0.1) is 33.0 Å². The van der Waals surface area contributed by atoms with E-state index in [9.17, 15) is 14.4 Å². The number of urea groups is 1. The minimum atomic E-state index is -0.620. The van der Waals surface area contributed by atoms with Gasteiger partial charge in [0.25, 0.3) is 0 Å². The summed E-state index contributed by atoms with van der Waals surface area (Å²) in [6.07, 6.45) is 1.49. The number of carbonyl (C=O) groups excluding carboxylic acids is 3. The molecule has 8 heteroatoms. The second-order valence-corrected chi connectivity index (χ2v) is 4.19. The molecule has 1 aromatic rings. The van der Waals surface area contributed by atoms with Crippen LogP contribution >= 0.6 is 0 Å². The topological polar surface area (TPSA) is 101 Å². The fourth-order valence-corrected chi connectivity index (χ4v) is 1.52. The summed E-state index contributed by atoms with van der Waals surface area (Å²) >= 11 is 0. The predicted octanol–water partition coefficient (Wildman–Crippen LogP) is 0.100. The summed E-state index contributed by atoms with van der Waals surface area (Å²) in [6.45, 7) is 2.39. The maximum atomic E-state index is 11.7. The Hall–Kier alpha value is -2.35. The zero-order valence-electron chi connectivity index (χ0n) is 12.0. The third-order valence-electron chi connectivity index (χ3n) is 2.65. The van der Waals surface area contributed by atoms with Crippen LogP contribution in [0.5, 0.6) is 0 Å². The zero-order valence-corrected chi connectivity index (χ0v) is 12.0. The number of furan rings is 1. The van der Waals surface area contributed by atoms with E-state index >= 15 is 0 Å². The lowest BCUT2D eigenvalue weighted by atomic mass is 10.4. The number of amides is 3. The summed E-state index contributed by atoms with van der Waals surface area (Å²) in [4.78, 5) is 35.9. The Labute approximate surface area is 122 Å². The highest BCUT2D eigenvalue weighted by atomic mass is 16.5. The summed E-state index contributed by atoms with van der Waals surface area (Å²) in [5, 5.41) is 4.66. The van der Waals surface area contributed by atoms with Crippen LogP contribution in [0.25, 0.3) is 0 Å². The first-order chi connectivity index (χ1) is 10.0. The van der Waals surface area contributed by atoms with E-state index in [-0.39, 0.29) is 19.6 Å². The maximum Gasteiger partial charge on any atom is 0.321 e. The van der Waals surface area contributed by atoms with Crippen molar-refractivity contribution in [1.29, 1.82) is 0 Å². The monoisotopic (exact) mass is 297 g/mol. The van der Waals surface area contributed by atoms with Crippen molar-refractivity contribution in [1.82, 2.24) is 15.5 Å². The minimum Gasteiger partial charge on any atom is -0.468 e. The van der Waals surface area contributed by atoms with Crippen LogP contribution in [-0.4, -0.2) is 49.6 Å². The smallest absolute Gasteiger partial charge is 0.321 e. The number of nitrogens with zero attached hydrogens (tertiary/aromatic N) is 1. The van der Waals surface area contributed by atoms with E-state index in [1.165, 1.54) is 13.4 Å². The largest absolute Gasteiger partial charge is 0.468 e. The fourth-order valence-electron chi connectivity index (χ4n) is 1.52. The Morgan fingerprint density at radius 2 is 2.10 bits per heavy atom. The molecule has 0 atom stereocenters. The van der Waals surface area contributed by atoms with Crippen molar-refractivity contribution < 1.29 is 23.5 Å². The molecule has 3 amide bonds. The number of esters is 1. The normalized spacial score (nSPS) is 10.2. The van der Waals surface area contributed by atoms with Gasteiger partial charge in [-0.2, -0.15) is 0 Å². The van der Waals surface area contributed by atoms with Crippen molar-refractivity contribution >= 4 is 17.9 Å². The Bertz CT molecular complexity index is 472. The van der Waals surface area contributed by atoms with Crippen LogP contribution in [0.4, 0.5) is 4.79 Å². The number of hydrogen-bond acceptors (Lipinski definition) is 6. The van der Waals surface area contributed by atoms with Gasteiger partial charge < -0.3 is 14.5 Å². The van der Waals surface area contributed by atoms with Gasteiger partial charge in [-0.15, -0.1) is 0 Å². The summed E-state index contributed by atoms with van der Waals surface area (Å²) in [6, 6.07) is 2.79. The van der Waals surface area contributed by atoms with Gasteiger partial charge in [-0.1, -0.05) is 6.92 Å². The average molecular weight is 297 g/mol. The van der Waals surface area contributed by atoms with Crippen LogP contribution < -0.4 is 10.6 Å². The molecule has 1 aromatic heterocycles. The number of methoxy groups -OCH3 is 1. The predicted molar refractivity (Wildman–Crippen MR) is 73.2 cm³/mol. The van der Waals surface area contributed by atoms with Crippen LogP contribution in [0.15, 0.2) is 22.8 Å². The molecule has 0 saturated heterocycles. The highest BCUT2D eigenvalue weighted by Gasteiger charge is 2.15. The van der Waals surface area contributed by atoms with Crippen molar-refractivity contribution in [3.63, 3.8) is 0 Å². The molecule has 8 nitrogen and oxygen atoms in total. The molecule has 1 heterocycles. The quantitative estimate of drug-likeness (QED) is 0.692. The Morgan fingerprint density at radius 3 is 2.67 bits per heavy atom. The SMILES string of the molecule is CCN(CC(=O)NC(=O)NCc1ccco1)CC(=O)OC. The van der Waals surface area contributed by atoms with Gasteiger partial charge in [-0.3, -0.25) is 19.8 Å². The molecule has 1 rings (SSSR count). The number of imide groups is 1. The van der Waals surface area contributed by atoms with Crippen molar-refractivity contribution in [3.8, 4) is 0 Å². The van der Waals surface area contributed by atoms with Crippen LogP contribution in [-0.2, 0) is 20.9 Å². The van der Waals surface area contributed by atoms with Crippen molar-refractivity contribution in [2.24, 2.45) is 0 Å². The van der Waals surface area contributed by atoms with Gasteiger partial charge in [0.1, 0.15) is 5.76 Å². The number of carbonyl (C=O) groups is 3. The third-order valence-corrected chi connectivity index (χ3v) is 2.65. The Morgan fingerprint density at radius 1 is 1.33 bits per heavy atom. The van der Waals surface area contributed by atoms with Crippen LogP contribution in [0.2, 0.25) is 0 Å². The molecule has 0 aliphatic carbocycles. The molecule has 0 unspecified atom stereocenters. The number of hydrogen-bond donors (Lipinski definition) is 2. The van der Waals surface area contributed by atoms with E-state index in [2.05, 4.69) is 15.4 Å². The lowest BCUT2D eigenvalue weighted by Crippen LogP contribution is -2.45. The van der Waals surface area contributed by atoms with Gasteiger partial charge in [0.2, 0.25) is 5.91 Å². The second kappa shape index (κ2) is 8.75. The van der Waals surface area contributed by atoms with Crippen LogP contribution in [0, 0.1) is 0 Å². The fraction of sp³-hybridized carbons (Fsp3) is 0.462. The van der Waals surface area contributed by atoms with Crippen LogP contribution in [0.1, 0.15) is 12.7 Å². The van der Waals surface area contributed by atoms with E-state index in [4.69, 9.17) is 4.42 Å². The van der Waals surface area contributed by atoms with Gasteiger partial charge >= 0.3 is 12.0 Å². The van der Waals surface area contributed by atoms with E-state index < -0.39 is 17.9 Å². The van der Waals surface area contributed by atoms with Gasteiger partial charge in [0.15, 0.2) is 0 Å². The highest BCUT2D eigenvalue weighted by molar-refractivity contribution is 5.95. The Balaban J connectivity index is 2.30. The molecule has 21 heavy (non-hydrogen) atoms. The lowest BCUT2D eigenvalue weighted by molar-refractivity contribution is -0.142. The van der Waals surface area contributed by atoms with E-state index in [0.717, 1.165) is 0 Å². The van der Waals surface area contributed by atoms with Gasteiger partial charge in [0, 0.05) is 0 Å². The number of rotatable bonds is 7. The first-order valence-electron chi connectivity index (χ1n) is 6.44. The summed E-state index contributed by atoms with van der Waals surface area (Å²) in [7, 11) is 1.28. The number of nitrogens with one attached hydrogen (secondary N) is 2. The molecule has 0 aliphatic rings. The Kier molecular flexibility index (Phi) is 6.96. The van der Waals surface area contributed by atoms with Gasteiger partial charge in [-0.25, -0.2) is 4.79 Å². The molecular weight excluding hydrogens is 278 g/mol. The molecule has 0 spiro atoms. The van der Waals surface area contributed by atoms with E-state index in [0.29, 0.717) is 12.3 Å². The molecule has 116 valence electrons. The van der Waals surface area contributed by atoms with Gasteiger partial charge in [-0.05, 0) is 18.7 Å². The first kappa shape index (κ1) is 16.7. The molecule has 0 bridgehead atoms. The van der Waals surface area contributed by atoms with Crippen molar-refractivity contribution in [3.05, 3.63) is 24.2 Å². The van der Waals surface area contributed by atoms with E-state index in [1.54, 1.807) is 24.0 Å². The summed E-state index contributed by atoms with van der Waals surface area (Å²) in [5.41, 5.74) is 0. The molecule has 0 radical (unpaired) electrons. The molecule has 2 N–H and O–H groups in total. The molecule has 0 aliphatic heterocycles. The maximum absolute atomic E-state index is 11.7. The lowest BCUT2D eigenvalue weighted by Gasteiger charge is -2.17. The molecular formula is C13H19N3O5. The summed E-state index contributed by atoms with van der Waals surface area (Å²) < 4.78 is 9.56. The standard InChI is InChI=1S/C13H19N3O5/c1-3-16(9-12(18)20-2)8-11(17)15-13(19)14-7-10-5-4-6-21-10/h4-6H,3,7-9H2,1-2H3,(H2,14,15,17,19). The molecule has 0 fully saturated rings. The second-order valence-electron chi connectivity index (χ2n) is 4.19. The zero-order chi connectivity index (χ0) is 15.7. The molecule has 0 aromatic carbocycles. The van der Waals surface area contributed by atoms with Crippen molar-refractivity contribution in [2.75, 3.05) is 26.7 Å². The number of likely N-dealkylation sites (N-methyl/N-ethyl adjacent to an activating group) is 1. The summed E-state index contributed by atoms with van der Waals surface area (Å²) in [5.74, 6) is -0.358. The molecule has 0 saturated carbocycles. The van der Waals surface area contributed by atoms with E-state index in [1.807, 2.05) is 0 Å². The first-order valence-corrected chi connectivity index (χ1v) is 6.44. The van der Waals surface area contributed by atoms with Crippen LogP contribution in [0.3, 0.4) is 0 Å². The minimum absolute atomic E-state index is 0.00552. The number of ether oxygens (including phenoxy) is 1. The third kappa shape index (κ3) is 6.57.